The lowest BCUT2D eigenvalue weighted by molar-refractivity contribution is -0.0552. The molecule has 1 saturated heterocycles. The minimum atomic E-state index is -5.20. The Morgan fingerprint density at radius 3 is 2.33 bits per heavy atom. The van der Waals surface area contributed by atoms with E-state index in [0.29, 0.717) is 10.6 Å². The van der Waals surface area contributed by atoms with Crippen LogP contribution >= 0.6 is 7.75 Å². The molecule has 0 spiro atoms. The third-order valence-electron chi connectivity index (χ3n) is 3.04. The van der Waals surface area contributed by atoms with Crippen molar-refractivity contribution in [1.29, 1.82) is 0 Å². The second kappa shape index (κ2) is 5.46. The molecule has 1 aromatic heterocycles. The molecule has 5 N–H and O–H groups in total. The molecule has 11 nitrogen and oxygen atoms in total. The van der Waals surface area contributed by atoms with E-state index >= 15 is 0 Å². The molecule has 1 aromatic rings. The number of aromatic nitrogens is 2. The highest BCUT2D eigenvalue weighted by Crippen LogP contribution is 2.33. The SMILES string of the molecule is O=c1ccn([C@@H]2O[C@H](CO)[C@@H](O)[C@H]2O)c(=O)n1P(=O)(O)O. The standard InChI is InChI=1S/C9H13N2O9P/c12-3-4-6(14)7(15)8(20-4)10-2-1-5(13)11(9(10)16)21(17,18)19/h1-2,4,6-8,12,14-15H,3H2,(H2,17,18,19)/t4-,6-,7-,8-/m1/s1. The van der Waals surface area contributed by atoms with Gasteiger partial charge in [0.1, 0.15) is 18.3 Å². The number of aliphatic hydroxyl groups is 3. The molecule has 2 rings (SSSR count). The van der Waals surface area contributed by atoms with Crippen molar-refractivity contribution in [2.24, 2.45) is 0 Å². The summed E-state index contributed by atoms with van der Waals surface area (Å²) in [7, 11) is -5.20. The van der Waals surface area contributed by atoms with Crippen LogP contribution in [0.5, 0.6) is 0 Å². The van der Waals surface area contributed by atoms with E-state index in [1.165, 1.54) is 0 Å². The van der Waals surface area contributed by atoms with Gasteiger partial charge in [0.25, 0.3) is 5.56 Å². The minimum Gasteiger partial charge on any atom is -0.394 e. The molecule has 0 radical (unpaired) electrons. The van der Waals surface area contributed by atoms with Gasteiger partial charge in [-0.1, -0.05) is 0 Å². The van der Waals surface area contributed by atoms with E-state index in [1.807, 2.05) is 0 Å². The van der Waals surface area contributed by atoms with Crippen LogP contribution in [0.3, 0.4) is 0 Å². The molecule has 2 heterocycles. The normalized spacial score (nSPS) is 29.8. The summed E-state index contributed by atoms with van der Waals surface area (Å²) in [4.78, 5) is 41.4. The first-order chi connectivity index (χ1) is 9.68. The van der Waals surface area contributed by atoms with Crippen molar-refractivity contribution in [3.8, 4) is 0 Å². The number of aliphatic hydroxyl groups excluding tert-OH is 3. The van der Waals surface area contributed by atoms with Crippen LogP contribution in [0.25, 0.3) is 0 Å². The first-order valence-corrected chi connectivity index (χ1v) is 7.28. The Hall–Kier alpha value is -1.33. The van der Waals surface area contributed by atoms with Gasteiger partial charge in [0, 0.05) is 12.3 Å². The van der Waals surface area contributed by atoms with Crippen LogP contribution in [0.2, 0.25) is 0 Å². The van der Waals surface area contributed by atoms with Gasteiger partial charge in [-0.05, 0) is 0 Å². The summed E-state index contributed by atoms with van der Waals surface area (Å²) in [6.07, 6.45) is -4.92. The predicted octanol–water partition coefficient (Wildman–Crippen LogP) is -3.44. The molecule has 1 fully saturated rings. The highest BCUT2D eigenvalue weighted by Gasteiger charge is 2.44. The van der Waals surface area contributed by atoms with Crippen molar-refractivity contribution in [3.63, 3.8) is 0 Å². The van der Waals surface area contributed by atoms with Crippen molar-refractivity contribution in [2.75, 3.05) is 6.61 Å². The third kappa shape index (κ3) is 2.72. The number of ether oxygens (including phenoxy) is 1. The fourth-order valence-corrected chi connectivity index (χ4v) is 2.68. The lowest BCUT2D eigenvalue weighted by atomic mass is 10.1. The molecule has 21 heavy (non-hydrogen) atoms. The van der Waals surface area contributed by atoms with Gasteiger partial charge in [-0.25, -0.2) is 9.36 Å². The summed E-state index contributed by atoms with van der Waals surface area (Å²) in [5, 5.41) is 28.3. The van der Waals surface area contributed by atoms with Crippen LogP contribution in [0.1, 0.15) is 6.23 Å². The van der Waals surface area contributed by atoms with Crippen LogP contribution in [0, 0.1) is 0 Å². The van der Waals surface area contributed by atoms with Crippen molar-refractivity contribution in [3.05, 3.63) is 33.1 Å². The zero-order chi connectivity index (χ0) is 15.9. The fourth-order valence-electron chi connectivity index (χ4n) is 2.03. The van der Waals surface area contributed by atoms with E-state index in [9.17, 15) is 24.4 Å². The molecule has 0 saturated carbocycles. The van der Waals surface area contributed by atoms with Gasteiger partial charge >= 0.3 is 13.4 Å². The highest BCUT2D eigenvalue weighted by atomic mass is 31.2. The molecule has 0 aliphatic carbocycles. The summed E-state index contributed by atoms with van der Waals surface area (Å²) >= 11 is 0. The van der Waals surface area contributed by atoms with Gasteiger partial charge in [-0.2, -0.15) is 4.34 Å². The van der Waals surface area contributed by atoms with E-state index < -0.39 is 50.1 Å². The zero-order valence-electron chi connectivity index (χ0n) is 10.4. The van der Waals surface area contributed by atoms with Crippen LogP contribution < -0.4 is 11.2 Å². The van der Waals surface area contributed by atoms with E-state index in [0.717, 1.165) is 6.20 Å². The largest absolute Gasteiger partial charge is 0.440 e. The maximum absolute atomic E-state index is 12.0. The van der Waals surface area contributed by atoms with Gasteiger partial charge < -0.3 is 29.8 Å². The van der Waals surface area contributed by atoms with Gasteiger partial charge in [-0.15, -0.1) is 0 Å². The first-order valence-electron chi connectivity index (χ1n) is 5.71. The van der Waals surface area contributed by atoms with Gasteiger partial charge in [0.05, 0.1) is 6.61 Å². The van der Waals surface area contributed by atoms with E-state index in [1.54, 1.807) is 0 Å². The Labute approximate surface area is 116 Å². The quantitative estimate of drug-likeness (QED) is 0.355. The number of hydrogen-bond acceptors (Lipinski definition) is 7. The third-order valence-corrected chi connectivity index (χ3v) is 3.93. The van der Waals surface area contributed by atoms with Crippen molar-refractivity contribution in [1.82, 2.24) is 8.90 Å². The van der Waals surface area contributed by atoms with Crippen LogP contribution in [-0.4, -0.2) is 58.9 Å². The summed E-state index contributed by atoms with van der Waals surface area (Å²) in [5.41, 5.74) is -2.64. The summed E-state index contributed by atoms with van der Waals surface area (Å²) in [6, 6.07) is 0.704. The van der Waals surface area contributed by atoms with Crippen molar-refractivity contribution in [2.45, 2.75) is 24.5 Å². The smallest absolute Gasteiger partial charge is 0.394 e. The maximum atomic E-state index is 12.0. The summed E-state index contributed by atoms with van der Waals surface area (Å²) in [6.45, 7) is -0.637. The number of nitrogens with zero attached hydrogens (tertiary/aromatic N) is 2. The Morgan fingerprint density at radius 2 is 1.86 bits per heavy atom. The van der Waals surface area contributed by atoms with Gasteiger partial charge in [-0.3, -0.25) is 9.36 Å². The molecular formula is C9H13N2O9P. The maximum Gasteiger partial charge on any atom is 0.440 e. The molecule has 12 heteroatoms. The van der Waals surface area contributed by atoms with E-state index in [-0.39, 0.29) is 4.34 Å². The molecule has 0 aromatic carbocycles. The zero-order valence-corrected chi connectivity index (χ0v) is 11.3. The second-order valence-corrected chi connectivity index (χ2v) is 5.82. The van der Waals surface area contributed by atoms with Crippen molar-refractivity contribution < 1.29 is 34.4 Å². The molecule has 4 atom stereocenters. The molecule has 0 unspecified atom stereocenters. The van der Waals surface area contributed by atoms with Crippen molar-refractivity contribution >= 4 is 7.75 Å². The second-order valence-electron chi connectivity index (χ2n) is 4.40. The Morgan fingerprint density at radius 1 is 1.24 bits per heavy atom. The lowest BCUT2D eigenvalue weighted by Crippen LogP contribution is -2.42. The number of rotatable bonds is 3. The molecule has 0 amide bonds. The topological polar surface area (TPSA) is 171 Å². The lowest BCUT2D eigenvalue weighted by Gasteiger charge is -2.18. The van der Waals surface area contributed by atoms with E-state index in [4.69, 9.17) is 19.6 Å². The first kappa shape index (κ1) is 16.0. The van der Waals surface area contributed by atoms with Gasteiger partial charge in [0.15, 0.2) is 6.23 Å². The minimum absolute atomic E-state index is 0.290. The van der Waals surface area contributed by atoms with Gasteiger partial charge in [0.2, 0.25) is 0 Å². The average molecular weight is 324 g/mol. The monoisotopic (exact) mass is 324 g/mol. The molecule has 0 bridgehead atoms. The fraction of sp³-hybridized carbons (Fsp3) is 0.556. The molecule has 1 aliphatic rings. The van der Waals surface area contributed by atoms with E-state index in [2.05, 4.69) is 0 Å². The predicted molar refractivity (Wildman–Crippen MR) is 65.4 cm³/mol. The molecular weight excluding hydrogens is 311 g/mol. The number of hydrogen-bond donors (Lipinski definition) is 5. The summed E-state index contributed by atoms with van der Waals surface area (Å²) < 4.78 is 16.5. The van der Waals surface area contributed by atoms with Crippen LogP contribution in [0.4, 0.5) is 0 Å². The van der Waals surface area contributed by atoms with Crippen LogP contribution in [0.15, 0.2) is 21.9 Å². The Kier molecular flexibility index (Phi) is 4.17. The average Bonchev–Trinajstić information content (AvgIpc) is 2.65. The summed E-state index contributed by atoms with van der Waals surface area (Å²) in [5.74, 6) is 0. The Bertz CT molecular complexity index is 691. The molecule has 118 valence electrons. The van der Waals surface area contributed by atoms with Crippen LogP contribution in [-0.2, 0) is 9.30 Å². The molecule has 1 aliphatic heterocycles. The Balaban J connectivity index is 2.55. The highest BCUT2D eigenvalue weighted by molar-refractivity contribution is 7.50.